The highest BCUT2D eigenvalue weighted by Crippen LogP contribution is 2.47. The summed E-state index contributed by atoms with van der Waals surface area (Å²) in [5, 5.41) is 8.97. The first-order valence-corrected chi connectivity index (χ1v) is 16.1. The first-order valence-electron chi connectivity index (χ1n) is 14.4. The van der Waals surface area contributed by atoms with Gasteiger partial charge in [0.25, 0.3) is 0 Å². The summed E-state index contributed by atoms with van der Waals surface area (Å²) in [5.74, 6) is 0. The summed E-state index contributed by atoms with van der Waals surface area (Å²) in [7, 11) is 0. The van der Waals surface area contributed by atoms with E-state index >= 15 is 0 Å². The van der Waals surface area contributed by atoms with Crippen molar-refractivity contribution in [1.82, 2.24) is 14.4 Å². The molecule has 0 atom stereocenters. The van der Waals surface area contributed by atoms with Crippen LogP contribution in [0.2, 0.25) is 0 Å². The van der Waals surface area contributed by atoms with E-state index < -0.39 is 0 Å². The lowest BCUT2D eigenvalue weighted by Gasteiger charge is -2.05. The summed E-state index contributed by atoms with van der Waals surface area (Å²) in [6.45, 7) is 0. The quantitative estimate of drug-likeness (QED) is 0.193. The zero-order valence-electron chi connectivity index (χ0n) is 22.6. The molecule has 0 saturated carbocycles. The van der Waals surface area contributed by atoms with Crippen molar-refractivity contribution in [3.63, 3.8) is 0 Å². The van der Waals surface area contributed by atoms with Crippen LogP contribution in [0.15, 0.2) is 115 Å². The fourth-order valence-corrected chi connectivity index (χ4v) is 9.51. The van der Waals surface area contributed by atoms with Crippen LogP contribution in [-0.2, 0) is 0 Å². The molecule has 6 aromatic carbocycles. The Labute approximate surface area is 252 Å². The monoisotopic (exact) mass is 581 g/mol. The molecule has 0 unspecified atom stereocenters. The summed E-state index contributed by atoms with van der Waals surface area (Å²) in [5.41, 5.74) is 8.50. The van der Waals surface area contributed by atoms with Crippen molar-refractivity contribution in [3.05, 3.63) is 115 Å². The average Bonchev–Trinajstić information content (AvgIpc) is 3.79. The molecule has 5 heterocycles. The van der Waals surface area contributed by atoms with Gasteiger partial charge < -0.3 is 0 Å². The lowest BCUT2D eigenvalue weighted by atomic mass is 10.0. The maximum atomic E-state index is 5.37. The zero-order valence-corrected chi connectivity index (χ0v) is 24.3. The van der Waals surface area contributed by atoms with Crippen molar-refractivity contribution in [1.29, 1.82) is 0 Å². The van der Waals surface area contributed by atoms with Crippen molar-refractivity contribution in [3.8, 4) is 11.1 Å². The summed E-state index contributed by atoms with van der Waals surface area (Å²) in [4.78, 5) is 10.7. The molecule has 0 spiro atoms. The summed E-state index contributed by atoms with van der Waals surface area (Å²) in [6.07, 6.45) is 0. The van der Waals surface area contributed by atoms with Gasteiger partial charge in [-0.05, 0) is 59.7 Å². The van der Waals surface area contributed by atoms with Crippen LogP contribution in [0.25, 0.3) is 101 Å². The van der Waals surface area contributed by atoms with E-state index in [4.69, 9.17) is 9.97 Å². The maximum absolute atomic E-state index is 5.37. The zero-order chi connectivity index (χ0) is 27.8. The van der Waals surface area contributed by atoms with Crippen molar-refractivity contribution in [2.24, 2.45) is 0 Å². The molecule has 43 heavy (non-hydrogen) atoms. The molecule has 5 aromatic heterocycles. The molecule has 0 aliphatic rings. The molecule has 0 aliphatic heterocycles. The van der Waals surface area contributed by atoms with Crippen molar-refractivity contribution < 1.29 is 0 Å². The Morgan fingerprint density at radius 2 is 1.19 bits per heavy atom. The number of hydrogen-bond donors (Lipinski definition) is 0. The molecule has 11 rings (SSSR count). The standard InChI is InChI=1S/C38H19N3S2/c1-4-10-30-22(7-1)26-19-27-24-9-3-6-12-32(24)43-37(27)34-35-38(41(30)36(26)34)40-29-18-21(13-15-28(29)39-35)20-14-16-33-25(17-20)23-8-2-5-11-31(23)42-33/h1-19H. The van der Waals surface area contributed by atoms with Gasteiger partial charge in [0.15, 0.2) is 5.65 Å². The van der Waals surface area contributed by atoms with Crippen LogP contribution in [0, 0.1) is 0 Å². The maximum Gasteiger partial charge on any atom is 0.165 e. The van der Waals surface area contributed by atoms with Gasteiger partial charge in [-0.1, -0.05) is 66.7 Å². The lowest BCUT2D eigenvalue weighted by Crippen LogP contribution is -1.90. The third-order valence-electron chi connectivity index (χ3n) is 9.10. The predicted octanol–water partition coefficient (Wildman–Crippen LogP) is 11.2. The van der Waals surface area contributed by atoms with Crippen molar-refractivity contribution >= 4 is 112 Å². The second kappa shape index (κ2) is 7.84. The lowest BCUT2D eigenvalue weighted by molar-refractivity contribution is 1.28. The molecular weight excluding hydrogens is 563 g/mol. The van der Waals surface area contributed by atoms with Gasteiger partial charge in [0.05, 0.1) is 22.1 Å². The molecule has 3 nitrogen and oxygen atoms in total. The van der Waals surface area contributed by atoms with Gasteiger partial charge in [0.1, 0.15) is 5.52 Å². The molecule has 0 aliphatic carbocycles. The van der Waals surface area contributed by atoms with E-state index in [1.807, 2.05) is 22.7 Å². The van der Waals surface area contributed by atoms with Crippen LogP contribution >= 0.6 is 22.7 Å². The minimum absolute atomic E-state index is 0.915. The number of thiophene rings is 2. The van der Waals surface area contributed by atoms with Gasteiger partial charge in [-0.25, -0.2) is 9.97 Å². The summed E-state index contributed by atoms with van der Waals surface area (Å²) < 4.78 is 7.59. The smallest absolute Gasteiger partial charge is 0.165 e. The molecule has 198 valence electrons. The van der Waals surface area contributed by atoms with Crippen LogP contribution < -0.4 is 0 Å². The molecule has 0 radical (unpaired) electrons. The van der Waals surface area contributed by atoms with E-state index in [9.17, 15) is 0 Å². The first kappa shape index (κ1) is 22.5. The fraction of sp³-hybridized carbons (Fsp3) is 0. The van der Waals surface area contributed by atoms with Crippen LogP contribution in [0.4, 0.5) is 0 Å². The van der Waals surface area contributed by atoms with Crippen molar-refractivity contribution in [2.45, 2.75) is 0 Å². The largest absolute Gasteiger partial charge is 0.291 e. The van der Waals surface area contributed by atoms with Gasteiger partial charge in [-0.15, -0.1) is 22.7 Å². The SMILES string of the molecule is c1ccc2c(c1)sc1ccc(-c3ccc4nc5c6c7sc8ccccc8c7cc7c8ccccc8n(c5nc4c3)c76)cc12. The Morgan fingerprint density at radius 3 is 2.07 bits per heavy atom. The highest BCUT2D eigenvalue weighted by Gasteiger charge is 2.24. The molecule has 5 heteroatoms. The van der Waals surface area contributed by atoms with E-state index in [0.717, 1.165) is 27.8 Å². The second-order valence-electron chi connectivity index (χ2n) is 11.4. The van der Waals surface area contributed by atoms with Gasteiger partial charge in [-0.3, -0.25) is 4.40 Å². The topological polar surface area (TPSA) is 30.2 Å². The van der Waals surface area contributed by atoms with E-state index in [-0.39, 0.29) is 0 Å². The molecule has 0 N–H and O–H groups in total. The van der Waals surface area contributed by atoms with Gasteiger partial charge >= 0.3 is 0 Å². The number of hydrogen-bond acceptors (Lipinski definition) is 4. The van der Waals surface area contributed by atoms with Crippen molar-refractivity contribution in [2.75, 3.05) is 0 Å². The fourth-order valence-electron chi connectivity index (χ4n) is 7.20. The molecular formula is C38H19N3S2. The Hall–Kier alpha value is -5.10. The van der Waals surface area contributed by atoms with Gasteiger partial charge in [0, 0.05) is 56.5 Å². The Balaban J connectivity index is 1.24. The van der Waals surface area contributed by atoms with Gasteiger partial charge in [-0.2, -0.15) is 0 Å². The molecule has 11 aromatic rings. The minimum atomic E-state index is 0.915. The number of rotatable bonds is 1. The predicted molar refractivity (Wildman–Crippen MR) is 185 cm³/mol. The Kier molecular flexibility index (Phi) is 4.10. The normalized spacial score (nSPS) is 12.7. The first-order chi connectivity index (χ1) is 21.3. The Bertz CT molecular complexity index is 2960. The van der Waals surface area contributed by atoms with Gasteiger partial charge in [0.2, 0.25) is 0 Å². The van der Waals surface area contributed by atoms with Crippen LogP contribution in [0.3, 0.4) is 0 Å². The number of nitrogens with zero attached hydrogens (tertiary/aromatic N) is 3. The Morgan fingerprint density at radius 1 is 0.488 bits per heavy atom. The highest BCUT2D eigenvalue weighted by atomic mass is 32.1. The van der Waals surface area contributed by atoms with E-state index in [1.54, 1.807) is 0 Å². The number of para-hydroxylation sites is 1. The van der Waals surface area contributed by atoms with E-state index in [0.29, 0.717) is 0 Å². The molecule has 0 fully saturated rings. The summed E-state index contributed by atoms with van der Waals surface area (Å²) >= 11 is 3.71. The van der Waals surface area contributed by atoms with Crippen LogP contribution in [-0.4, -0.2) is 14.4 Å². The molecule has 0 saturated heterocycles. The number of fused-ring (bicyclic) bond motifs is 14. The third-order valence-corrected chi connectivity index (χ3v) is 11.5. The number of benzene rings is 6. The molecule has 0 bridgehead atoms. The minimum Gasteiger partial charge on any atom is -0.291 e. The highest BCUT2D eigenvalue weighted by molar-refractivity contribution is 7.27. The van der Waals surface area contributed by atoms with E-state index in [2.05, 4.69) is 120 Å². The van der Waals surface area contributed by atoms with E-state index in [1.165, 1.54) is 73.1 Å². The third kappa shape index (κ3) is 2.84. The average molecular weight is 582 g/mol. The second-order valence-corrected chi connectivity index (χ2v) is 13.5. The van der Waals surface area contributed by atoms with Crippen LogP contribution in [0.5, 0.6) is 0 Å². The van der Waals surface area contributed by atoms with Crippen LogP contribution in [0.1, 0.15) is 0 Å². The number of aromatic nitrogens is 3. The molecule has 0 amide bonds. The summed E-state index contributed by atoms with van der Waals surface area (Å²) in [6, 6.07) is 41.9.